The molecule has 2 aliphatic carbocycles. The van der Waals surface area contributed by atoms with Crippen molar-refractivity contribution in [2.45, 2.75) is 43.3 Å². The molecule has 1 aliphatic heterocycles. The van der Waals surface area contributed by atoms with Gasteiger partial charge in [-0.05, 0) is 55.5 Å². The number of hydrogen-bond donors (Lipinski definition) is 4. The molecule has 4 N–H and O–H groups in total. The van der Waals surface area contributed by atoms with Crippen LogP contribution >= 0.6 is 11.6 Å². The summed E-state index contributed by atoms with van der Waals surface area (Å²) in [6.07, 6.45) is 0.852. The van der Waals surface area contributed by atoms with Crippen molar-refractivity contribution in [3.8, 4) is 6.07 Å². The van der Waals surface area contributed by atoms with Gasteiger partial charge in [-0.1, -0.05) is 23.7 Å². The Morgan fingerprint density at radius 2 is 1.93 bits per heavy atom. The molecule has 2 heterocycles. The second kappa shape index (κ2) is 9.46. The summed E-state index contributed by atoms with van der Waals surface area (Å²) in [5, 5.41) is 18.3. The molecule has 1 atom stereocenters. The number of nitrogens with zero attached hydrogens (tertiary/aromatic N) is 3. The summed E-state index contributed by atoms with van der Waals surface area (Å²) in [5.74, 6) is -0.427. The molecule has 2 aromatic carbocycles. The molecule has 40 heavy (non-hydrogen) atoms. The van der Waals surface area contributed by atoms with E-state index in [2.05, 4.69) is 26.6 Å². The summed E-state index contributed by atoms with van der Waals surface area (Å²) < 4.78 is 54.6. The van der Waals surface area contributed by atoms with Gasteiger partial charge >= 0.3 is 6.18 Å². The van der Waals surface area contributed by atoms with E-state index in [0.717, 1.165) is 12.8 Å². The van der Waals surface area contributed by atoms with Crippen molar-refractivity contribution < 1.29 is 17.6 Å². The van der Waals surface area contributed by atoms with Crippen LogP contribution in [0.3, 0.4) is 0 Å². The maximum Gasteiger partial charge on any atom is 0.396 e. The van der Waals surface area contributed by atoms with Crippen LogP contribution in [0.25, 0.3) is 10.9 Å². The minimum absolute atomic E-state index is 0.0172. The molecule has 0 spiro atoms. The maximum absolute atomic E-state index is 13.8. The maximum atomic E-state index is 13.8. The average Bonchev–Trinajstić information content (AvgIpc) is 3.85. The molecule has 0 bridgehead atoms. The van der Waals surface area contributed by atoms with Gasteiger partial charge < -0.3 is 16.1 Å². The number of aromatic nitrogens is 1. The van der Waals surface area contributed by atoms with Crippen LogP contribution in [-0.2, 0) is 5.44 Å². The lowest BCUT2D eigenvalue weighted by molar-refractivity contribution is -0.182. The highest BCUT2D eigenvalue weighted by Crippen LogP contribution is 2.57. The summed E-state index contributed by atoms with van der Waals surface area (Å²) in [6.45, 7) is -0.380. The van der Waals surface area contributed by atoms with Crippen molar-refractivity contribution in [1.82, 2.24) is 21.0 Å². The third kappa shape index (κ3) is 4.67. The van der Waals surface area contributed by atoms with Gasteiger partial charge in [-0.3, -0.25) is 9.99 Å². The fourth-order valence-corrected chi connectivity index (χ4v) is 5.16. The predicted octanol–water partition coefficient (Wildman–Crippen LogP) is 5.42. The van der Waals surface area contributed by atoms with E-state index in [1.165, 1.54) is 18.3 Å². The largest absolute Gasteiger partial charge is 0.396 e. The number of nitrogens with one attached hydrogen (secondary N) is 4. The summed E-state index contributed by atoms with van der Waals surface area (Å²) in [5.41, 5.74) is 5.04. The van der Waals surface area contributed by atoms with Crippen molar-refractivity contribution >= 4 is 41.7 Å². The van der Waals surface area contributed by atoms with Gasteiger partial charge in [-0.2, -0.15) is 18.4 Å². The van der Waals surface area contributed by atoms with Gasteiger partial charge in [0, 0.05) is 36.1 Å². The number of alkyl halides is 3. The zero-order chi connectivity index (χ0) is 28.3. The first-order chi connectivity index (χ1) is 19.0. The van der Waals surface area contributed by atoms with E-state index in [0.29, 0.717) is 33.9 Å². The van der Waals surface area contributed by atoms with Crippen LogP contribution in [-0.4, -0.2) is 36.6 Å². The summed E-state index contributed by atoms with van der Waals surface area (Å²) in [7, 11) is 6.97. The third-order valence-corrected chi connectivity index (χ3v) is 7.99. The van der Waals surface area contributed by atoms with E-state index < -0.39 is 22.8 Å². The number of hydrogen-bond acceptors (Lipinski definition) is 7. The third-order valence-electron chi connectivity index (χ3n) is 7.70. The summed E-state index contributed by atoms with van der Waals surface area (Å²) >= 11 is 6.60. The molecule has 1 aromatic heterocycles. The lowest BCUT2D eigenvalue weighted by atomic mass is 9.69. The molecule has 13 heteroatoms. The molecule has 2 saturated carbocycles. The Bertz CT molecular complexity index is 1550. The second-order valence-electron chi connectivity index (χ2n) is 10.5. The Morgan fingerprint density at radius 1 is 1.20 bits per heavy atom. The van der Waals surface area contributed by atoms with Gasteiger partial charge in [-0.15, -0.1) is 5.53 Å². The second-order valence-corrected chi connectivity index (χ2v) is 10.9. The number of rotatable bonds is 8. The zero-order valence-corrected chi connectivity index (χ0v) is 21.8. The molecule has 204 valence electrons. The van der Waals surface area contributed by atoms with E-state index in [4.69, 9.17) is 19.4 Å². The molecule has 0 amide bonds. The molecule has 2 radical (unpaired) electrons. The minimum Gasteiger partial charge on any atom is -0.382 e. The number of hydrazine groups is 2. The van der Waals surface area contributed by atoms with Crippen molar-refractivity contribution in [3.63, 3.8) is 0 Å². The molecule has 3 aromatic rings. The van der Waals surface area contributed by atoms with Crippen molar-refractivity contribution in [2.24, 2.45) is 5.41 Å². The monoisotopic (exact) mass is 567 g/mol. The van der Waals surface area contributed by atoms with Crippen LogP contribution in [0.15, 0.2) is 54.5 Å². The Kier molecular flexibility index (Phi) is 6.27. The fourth-order valence-electron chi connectivity index (χ4n) is 4.89. The van der Waals surface area contributed by atoms with Gasteiger partial charge in [0.15, 0.2) is 0 Å². The quantitative estimate of drug-likeness (QED) is 0.214. The lowest BCUT2D eigenvalue weighted by Crippen LogP contribution is -2.45. The highest BCUT2D eigenvalue weighted by Gasteiger charge is 2.63. The molecule has 2 fully saturated rings. The first-order valence-corrected chi connectivity index (χ1v) is 13.1. The van der Waals surface area contributed by atoms with Gasteiger partial charge in [0.05, 0.1) is 38.3 Å². The molecular formula is C27H23BClF4N7. The van der Waals surface area contributed by atoms with E-state index in [9.17, 15) is 22.8 Å². The lowest BCUT2D eigenvalue weighted by Gasteiger charge is -2.34. The van der Waals surface area contributed by atoms with Crippen LogP contribution < -0.4 is 21.6 Å². The van der Waals surface area contributed by atoms with Gasteiger partial charge in [0.2, 0.25) is 0 Å². The van der Waals surface area contributed by atoms with Crippen LogP contribution in [0.4, 0.5) is 28.9 Å². The van der Waals surface area contributed by atoms with Crippen molar-refractivity contribution in [2.75, 3.05) is 17.2 Å². The predicted molar refractivity (Wildman–Crippen MR) is 144 cm³/mol. The first kappa shape index (κ1) is 26.5. The molecule has 0 saturated heterocycles. The van der Waals surface area contributed by atoms with Crippen LogP contribution in [0, 0.1) is 22.6 Å². The van der Waals surface area contributed by atoms with E-state index >= 15 is 0 Å². The summed E-state index contributed by atoms with van der Waals surface area (Å²) in [6, 6.07) is 11.3. The summed E-state index contributed by atoms with van der Waals surface area (Å²) in [4.78, 5) is 4.28. The molecule has 7 nitrogen and oxygen atoms in total. The highest BCUT2D eigenvalue weighted by atomic mass is 35.5. The highest BCUT2D eigenvalue weighted by molar-refractivity contribution is 6.36. The first-order valence-electron chi connectivity index (χ1n) is 12.7. The SMILES string of the molecule is [B]C(Nc1cc(Cl)c2ncc(C#N)c(NCC3(C(F)(F)F)CC3)c2c1)(C1=CN(C2CC2)NN1)c1ccc(F)cc1. The van der Waals surface area contributed by atoms with Gasteiger partial charge in [-0.25, -0.2) is 4.39 Å². The van der Waals surface area contributed by atoms with E-state index in [-0.39, 0.29) is 35.7 Å². The zero-order valence-electron chi connectivity index (χ0n) is 21.0. The van der Waals surface area contributed by atoms with Crippen molar-refractivity contribution in [1.29, 1.82) is 5.26 Å². The Labute approximate surface area is 233 Å². The Hall–Kier alpha value is -3.69. The number of benzene rings is 2. The molecule has 6 rings (SSSR count). The molecule has 1 unspecified atom stereocenters. The minimum atomic E-state index is -4.36. The smallest absolute Gasteiger partial charge is 0.382 e. The molecule has 3 aliphatic rings. The standard InChI is InChI=1S/C27H23BClF4N7/c28-26(16-1-3-17(30)4-2-16,22-13-40(39-38-22)19-5-6-19)37-18-9-20-23(36-14-25(7-8-25)27(31,32)33)15(11-34)12-35-24(20)21(29)10-18/h1-4,9-10,12-13,19,37-39H,5-8,14H2,(H,35,36). The van der Waals surface area contributed by atoms with Crippen LogP contribution in [0.1, 0.15) is 36.8 Å². The van der Waals surface area contributed by atoms with Crippen LogP contribution in [0.2, 0.25) is 5.02 Å². The van der Waals surface area contributed by atoms with E-state index in [1.807, 2.05) is 17.3 Å². The number of nitriles is 1. The van der Waals surface area contributed by atoms with E-state index in [1.54, 1.807) is 24.3 Å². The Morgan fingerprint density at radius 3 is 2.55 bits per heavy atom. The molecular weight excluding hydrogens is 545 g/mol. The van der Waals surface area contributed by atoms with Crippen molar-refractivity contribution in [3.05, 3.63) is 76.5 Å². The van der Waals surface area contributed by atoms with Crippen LogP contribution in [0.5, 0.6) is 0 Å². The van der Waals surface area contributed by atoms with Gasteiger partial charge in [0.1, 0.15) is 19.7 Å². The topological polar surface area (TPSA) is 88.0 Å². The fraction of sp³-hybridized carbons (Fsp3) is 0.333. The number of halogens is 5. The Balaban J connectivity index is 1.41. The van der Waals surface area contributed by atoms with Gasteiger partial charge in [0.25, 0.3) is 0 Å². The number of pyridine rings is 1. The average molecular weight is 568 g/mol. The normalized spacial score (nSPS) is 19.4. The number of anilines is 2. The number of fused-ring (bicyclic) bond motifs is 1.